The molecule has 6 nitrogen and oxygen atoms in total. The summed E-state index contributed by atoms with van der Waals surface area (Å²) in [5.74, 6) is 0. The van der Waals surface area contributed by atoms with E-state index in [1.807, 2.05) is 13.1 Å². The molecule has 2 heterocycles. The SMILES string of the molecule is Cc1c[nH]c2c(NS(=O)(=O)c3ccc(NSC4CCNCC4)cc3)ccc(Cl)c12. The maximum absolute atomic E-state index is 12.9. The van der Waals surface area contributed by atoms with Crippen LogP contribution in [0.25, 0.3) is 10.9 Å². The van der Waals surface area contributed by atoms with E-state index in [9.17, 15) is 8.42 Å². The molecular weight excluding hydrogens is 428 g/mol. The molecule has 9 heteroatoms. The number of hydrogen-bond donors (Lipinski definition) is 4. The Hall–Kier alpha value is -1.87. The molecule has 1 aliphatic heterocycles. The predicted molar refractivity (Wildman–Crippen MR) is 122 cm³/mol. The summed E-state index contributed by atoms with van der Waals surface area (Å²) in [6, 6.07) is 10.2. The van der Waals surface area contributed by atoms with Crippen LogP contribution in [0.1, 0.15) is 18.4 Å². The van der Waals surface area contributed by atoms with Crippen LogP contribution in [0.5, 0.6) is 0 Å². The number of sulfonamides is 1. The van der Waals surface area contributed by atoms with Gasteiger partial charge in [0, 0.05) is 22.5 Å². The lowest BCUT2D eigenvalue weighted by Crippen LogP contribution is -2.29. The molecule has 4 N–H and O–H groups in total. The Morgan fingerprint density at radius 2 is 1.83 bits per heavy atom. The molecule has 0 aliphatic carbocycles. The van der Waals surface area contributed by atoms with Crippen LogP contribution in [0, 0.1) is 6.92 Å². The van der Waals surface area contributed by atoms with Gasteiger partial charge in [-0.2, -0.15) is 0 Å². The van der Waals surface area contributed by atoms with Crippen molar-refractivity contribution >= 4 is 55.8 Å². The Labute approximate surface area is 180 Å². The first-order valence-corrected chi connectivity index (χ1v) is 12.2. The van der Waals surface area contributed by atoms with Crippen LogP contribution in [0.15, 0.2) is 47.5 Å². The van der Waals surface area contributed by atoms with Crippen molar-refractivity contribution in [1.29, 1.82) is 0 Å². The van der Waals surface area contributed by atoms with Gasteiger partial charge in [0.25, 0.3) is 10.0 Å². The van der Waals surface area contributed by atoms with Crippen LogP contribution >= 0.6 is 23.5 Å². The Kier molecular flexibility index (Phi) is 5.96. The number of H-pyrrole nitrogens is 1. The zero-order chi connectivity index (χ0) is 20.4. The lowest BCUT2D eigenvalue weighted by Gasteiger charge is -2.22. The predicted octanol–water partition coefficient (Wildman–Crippen LogP) is 4.74. The molecule has 1 saturated heterocycles. The first-order valence-electron chi connectivity index (χ1n) is 9.45. The average molecular weight is 451 g/mol. The van der Waals surface area contributed by atoms with Crippen molar-refractivity contribution in [3.63, 3.8) is 0 Å². The van der Waals surface area contributed by atoms with Crippen LogP contribution in [-0.4, -0.2) is 31.7 Å². The maximum Gasteiger partial charge on any atom is 0.261 e. The summed E-state index contributed by atoms with van der Waals surface area (Å²) < 4.78 is 31.7. The average Bonchev–Trinajstić information content (AvgIpc) is 3.12. The van der Waals surface area contributed by atoms with Gasteiger partial charge in [-0.05, 0) is 86.8 Å². The van der Waals surface area contributed by atoms with Crippen molar-refractivity contribution < 1.29 is 8.42 Å². The molecule has 0 radical (unpaired) electrons. The van der Waals surface area contributed by atoms with E-state index in [1.54, 1.807) is 48.3 Å². The highest BCUT2D eigenvalue weighted by molar-refractivity contribution is 8.01. The lowest BCUT2D eigenvalue weighted by atomic mass is 10.2. The van der Waals surface area contributed by atoms with Crippen LogP contribution in [0.2, 0.25) is 5.02 Å². The van der Waals surface area contributed by atoms with Gasteiger partial charge in [-0.1, -0.05) is 11.6 Å². The largest absolute Gasteiger partial charge is 0.359 e. The van der Waals surface area contributed by atoms with Gasteiger partial charge >= 0.3 is 0 Å². The molecule has 1 aromatic heterocycles. The van der Waals surface area contributed by atoms with Crippen LogP contribution in [0.3, 0.4) is 0 Å². The van der Waals surface area contributed by atoms with E-state index in [2.05, 4.69) is 19.7 Å². The van der Waals surface area contributed by atoms with E-state index in [1.165, 1.54) is 0 Å². The fourth-order valence-electron chi connectivity index (χ4n) is 3.42. The Bertz CT molecular complexity index is 1110. The summed E-state index contributed by atoms with van der Waals surface area (Å²) in [5.41, 5.74) is 3.01. The Balaban J connectivity index is 1.48. The number of nitrogens with one attached hydrogen (secondary N) is 4. The van der Waals surface area contributed by atoms with Gasteiger partial charge < -0.3 is 15.0 Å². The van der Waals surface area contributed by atoms with Gasteiger partial charge in [0.1, 0.15) is 0 Å². The second-order valence-corrected chi connectivity index (χ2v) is 10.3. The van der Waals surface area contributed by atoms with Gasteiger partial charge in [-0.15, -0.1) is 0 Å². The number of fused-ring (bicyclic) bond motifs is 1. The van der Waals surface area contributed by atoms with E-state index in [4.69, 9.17) is 11.6 Å². The molecule has 29 heavy (non-hydrogen) atoms. The third kappa shape index (κ3) is 4.50. The molecule has 0 unspecified atom stereocenters. The summed E-state index contributed by atoms with van der Waals surface area (Å²) in [7, 11) is -3.72. The van der Waals surface area contributed by atoms with E-state index < -0.39 is 10.0 Å². The quantitative estimate of drug-likeness (QED) is 0.407. The van der Waals surface area contributed by atoms with E-state index in [0.717, 1.165) is 42.6 Å². The number of rotatable bonds is 6. The molecule has 154 valence electrons. The molecule has 4 rings (SSSR count). The number of aromatic nitrogens is 1. The minimum absolute atomic E-state index is 0.210. The molecule has 0 atom stereocenters. The van der Waals surface area contributed by atoms with Gasteiger partial charge in [0.15, 0.2) is 0 Å². The topological polar surface area (TPSA) is 86.0 Å². The molecule has 0 bridgehead atoms. The van der Waals surface area contributed by atoms with Crippen LogP contribution in [0.4, 0.5) is 11.4 Å². The molecule has 1 aliphatic rings. The van der Waals surface area contributed by atoms with E-state index in [-0.39, 0.29) is 4.90 Å². The third-order valence-corrected chi connectivity index (χ3v) is 7.88. The van der Waals surface area contributed by atoms with Crippen LogP contribution < -0.4 is 14.8 Å². The molecule has 2 aromatic carbocycles. The summed E-state index contributed by atoms with van der Waals surface area (Å²) in [4.78, 5) is 3.31. The van der Waals surface area contributed by atoms with E-state index >= 15 is 0 Å². The molecule has 0 saturated carbocycles. The van der Waals surface area contributed by atoms with Crippen molar-refractivity contribution in [2.24, 2.45) is 0 Å². The first kappa shape index (κ1) is 20.4. The smallest absolute Gasteiger partial charge is 0.261 e. The number of anilines is 2. The monoisotopic (exact) mass is 450 g/mol. The normalized spacial score (nSPS) is 15.5. The number of aromatic amines is 1. The summed E-state index contributed by atoms with van der Waals surface area (Å²) >= 11 is 7.96. The van der Waals surface area contributed by atoms with Crippen LogP contribution in [-0.2, 0) is 10.0 Å². The fourth-order valence-corrected chi connectivity index (χ4v) is 5.71. The zero-order valence-electron chi connectivity index (χ0n) is 16.0. The van der Waals surface area contributed by atoms with Gasteiger partial charge in [0.2, 0.25) is 0 Å². The van der Waals surface area contributed by atoms with Crippen molar-refractivity contribution in [1.82, 2.24) is 10.3 Å². The molecular formula is C20H23ClN4O2S2. The number of hydrogen-bond acceptors (Lipinski definition) is 5. The Morgan fingerprint density at radius 1 is 1.10 bits per heavy atom. The number of halogens is 1. The molecule has 0 spiro atoms. The fraction of sp³-hybridized carbons (Fsp3) is 0.300. The highest BCUT2D eigenvalue weighted by Gasteiger charge is 2.18. The maximum atomic E-state index is 12.9. The summed E-state index contributed by atoms with van der Waals surface area (Å²) in [6.45, 7) is 4.01. The number of benzene rings is 2. The second kappa shape index (κ2) is 8.47. The molecule has 1 fully saturated rings. The summed E-state index contributed by atoms with van der Waals surface area (Å²) in [6.07, 6.45) is 4.07. The summed E-state index contributed by atoms with van der Waals surface area (Å²) in [5, 5.41) is 5.32. The Morgan fingerprint density at radius 3 is 2.55 bits per heavy atom. The van der Waals surface area contributed by atoms with Crippen molar-refractivity contribution in [2.45, 2.75) is 29.9 Å². The number of piperidine rings is 1. The second-order valence-electron chi connectivity index (χ2n) is 7.12. The highest BCUT2D eigenvalue weighted by atomic mass is 35.5. The minimum Gasteiger partial charge on any atom is -0.359 e. The molecule has 0 amide bonds. The van der Waals surface area contributed by atoms with Crippen molar-refractivity contribution in [2.75, 3.05) is 22.5 Å². The van der Waals surface area contributed by atoms with Gasteiger partial charge in [-0.25, -0.2) is 8.42 Å². The van der Waals surface area contributed by atoms with Gasteiger partial charge in [0.05, 0.1) is 21.1 Å². The lowest BCUT2D eigenvalue weighted by molar-refractivity contribution is 0.532. The van der Waals surface area contributed by atoms with E-state index in [0.29, 0.717) is 21.5 Å². The molecule has 3 aromatic rings. The zero-order valence-corrected chi connectivity index (χ0v) is 18.3. The standard InChI is InChI=1S/C20H23ClN4O2S2/c1-13-12-23-20-18(7-6-17(21)19(13)20)25-29(26,27)16-4-2-14(3-5-16)24-28-15-8-10-22-11-9-15/h2-7,12,15,22-25H,8-11H2,1H3. The highest BCUT2D eigenvalue weighted by Crippen LogP contribution is 2.33. The first-order chi connectivity index (χ1) is 13.9. The van der Waals surface area contributed by atoms with Crippen molar-refractivity contribution in [3.8, 4) is 0 Å². The number of aryl methyl sites for hydroxylation is 1. The van der Waals surface area contributed by atoms with Gasteiger partial charge in [-0.3, -0.25) is 4.72 Å². The minimum atomic E-state index is -3.72. The third-order valence-electron chi connectivity index (χ3n) is 5.02. The van der Waals surface area contributed by atoms with Crippen molar-refractivity contribution in [3.05, 3.63) is 53.2 Å².